The fourth-order valence-electron chi connectivity index (χ4n) is 3.13. The van der Waals surface area contributed by atoms with Gasteiger partial charge >= 0.3 is 0 Å². The second kappa shape index (κ2) is 16.2. The minimum atomic E-state index is 0.00723. The van der Waals surface area contributed by atoms with Crippen LogP contribution in [0.1, 0.15) is 78.6 Å². The first-order chi connectivity index (χ1) is 12.8. The van der Waals surface area contributed by atoms with Crippen LogP contribution in [0.25, 0.3) is 0 Å². The summed E-state index contributed by atoms with van der Waals surface area (Å²) in [5.74, 6) is 0. The van der Waals surface area contributed by atoms with Gasteiger partial charge in [0.2, 0.25) is 0 Å². The van der Waals surface area contributed by atoms with Gasteiger partial charge in [-0.05, 0) is 19.3 Å². The maximum Gasteiger partial charge on any atom is 0.132 e. The van der Waals surface area contributed by atoms with E-state index >= 15 is 0 Å². The monoisotopic (exact) mass is 390 g/mol. The van der Waals surface area contributed by atoms with Crippen LogP contribution in [-0.2, 0) is 18.9 Å². The zero-order chi connectivity index (χ0) is 19.0. The lowest BCUT2D eigenvalue weighted by molar-refractivity contribution is -0.103. The van der Waals surface area contributed by atoms with Gasteiger partial charge in [-0.1, -0.05) is 59.3 Å². The molecule has 0 aromatic rings. The largest absolute Gasteiger partial charge is 0.380 e. The minimum Gasteiger partial charge on any atom is -0.380 e. The van der Waals surface area contributed by atoms with Crippen LogP contribution in [-0.4, -0.2) is 56.4 Å². The molecule has 5 heteroatoms. The average Bonchev–Trinajstić information content (AvgIpc) is 2.99. The Morgan fingerprint density at radius 3 is 2.00 bits per heavy atom. The first kappa shape index (κ1) is 24.2. The van der Waals surface area contributed by atoms with E-state index in [2.05, 4.69) is 20.8 Å². The van der Waals surface area contributed by atoms with E-state index in [1.54, 1.807) is 7.11 Å². The van der Waals surface area contributed by atoms with Crippen molar-refractivity contribution in [3.8, 4) is 0 Å². The minimum absolute atomic E-state index is 0.00723. The number of methoxy groups -OCH3 is 1. The molecule has 0 bridgehead atoms. The molecule has 1 unspecified atom stereocenters. The number of unbranched alkanes of at least 4 members (excludes halogenated alkanes) is 6. The molecule has 156 valence electrons. The van der Waals surface area contributed by atoms with Crippen molar-refractivity contribution in [2.24, 2.45) is 0 Å². The lowest BCUT2D eigenvalue weighted by atomic mass is 10.1. The summed E-state index contributed by atoms with van der Waals surface area (Å²) >= 11 is 1.82. The summed E-state index contributed by atoms with van der Waals surface area (Å²) < 4.78 is 24.1. The van der Waals surface area contributed by atoms with Crippen LogP contribution < -0.4 is 0 Å². The van der Waals surface area contributed by atoms with Crippen LogP contribution in [0.5, 0.6) is 0 Å². The predicted molar refractivity (Wildman–Crippen MR) is 111 cm³/mol. The molecule has 4 nitrogen and oxygen atoms in total. The van der Waals surface area contributed by atoms with Crippen molar-refractivity contribution >= 4 is 11.8 Å². The number of hydrogen-bond donors (Lipinski definition) is 0. The highest BCUT2D eigenvalue weighted by Gasteiger charge is 2.46. The summed E-state index contributed by atoms with van der Waals surface area (Å²) in [6, 6.07) is 0. The number of rotatable bonds is 17. The first-order valence-corrected chi connectivity index (χ1v) is 11.7. The summed E-state index contributed by atoms with van der Waals surface area (Å²) in [5.41, 5.74) is 0.0389. The lowest BCUT2D eigenvalue weighted by Gasteiger charge is -2.26. The van der Waals surface area contributed by atoms with Crippen LogP contribution in [0.3, 0.4) is 0 Å². The highest BCUT2D eigenvalue weighted by molar-refractivity contribution is 8.00. The molecule has 0 amide bonds. The summed E-state index contributed by atoms with van der Waals surface area (Å²) in [6.07, 6.45) is 10.9. The van der Waals surface area contributed by atoms with Gasteiger partial charge in [-0.3, -0.25) is 0 Å². The van der Waals surface area contributed by atoms with E-state index in [4.69, 9.17) is 18.9 Å². The molecule has 0 radical (unpaired) electrons. The third-order valence-corrected chi connectivity index (χ3v) is 6.27. The summed E-state index contributed by atoms with van der Waals surface area (Å²) in [4.78, 5) is 0. The first-order valence-electron chi connectivity index (χ1n) is 10.8. The van der Waals surface area contributed by atoms with Crippen molar-refractivity contribution < 1.29 is 18.9 Å². The number of thioether (sulfide) groups is 1. The fourth-order valence-corrected chi connectivity index (χ4v) is 4.53. The third kappa shape index (κ3) is 9.41. The topological polar surface area (TPSA) is 36.9 Å². The summed E-state index contributed by atoms with van der Waals surface area (Å²) in [7, 11) is 1.78. The molecule has 0 aliphatic carbocycles. The Hall–Kier alpha value is 0.190. The van der Waals surface area contributed by atoms with E-state index in [0.717, 1.165) is 52.1 Å². The van der Waals surface area contributed by atoms with Gasteiger partial charge in [0, 0.05) is 26.9 Å². The molecule has 1 fully saturated rings. The zero-order valence-corrected chi connectivity index (χ0v) is 18.4. The molecule has 0 aromatic heterocycles. The van der Waals surface area contributed by atoms with E-state index in [-0.39, 0.29) is 17.6 Å². The SMILES string of the molecule is CCCCCCCO[C@@H]1C(OC)S[C@H](COCCCC)[C@@H]1OCCCC. The van der Waals surface area contributed by atoms with Gasteiger partial charge in [0.25, 0.3) is 0 Å². The molecule has 0 saturated carbocycles. The van der Waals surface area contributed by atoms with Crippen molar-refractivity contribution in [3.05, 3.63) is 0 Å². The quantitative estimate of drug-likeness (QED) is 0.309. The zero-order valence-electron chi connectivity index (χ0n) is 17.5. The maximum absolute atomic E-state index is 6.26. The summed E-state index contributed by atoms with van der Waals surface area (Å²) in [6.45, 7) is 9.77. The molecule has 0 N–H and O–H groups in total. The number of ether oxygens (including phenoxy) is 4. The van der Waals surface area contributed by atoms with Crippen molar-refractivity contribution in [2.45, 2.75) is 101 Å². The third-order valence-electron chi connectivity index (χ3n) is 4.79. The van der Waals surface area contributed by atoms with Crippen LogP contribution in [0.4, 0.5) is 0 Å². The maximum atomic E-state index is 6.26. The van der Waals surface area contributed by atoms with Crippen molar-refractivity contribution in [1.82, 2.24) is 0 Å². The second-order valence-electron chi connectivity index (χ2n) is 7.15. The molecule has 1 rings (SSSR count). The van der Waals surface area contributed by atoms with E-state index < -0.39 is 0 Å². The van der Waals surface area contributed by atoms with Gasteiger partial charge in [-0.15, -0.1) is 11.8 Å². The predicted octanol–water partition coefficient (Wildman–Crippen LogP) is 5.43. The fraction of sp³-hybridized carbons (Fsp3) is 1.00. The highest BCUT2D eigenvalue weighted by Crippen LogP contribution is 2.39. The Kier molecular flexibility index (Phi) is 15.1. The molecule has 1 heterocycles. The van der Waals surface area contributed by atoms with E-state index in [1.807, 2.05) is 11.8 Å². The van der Waals surface area contributed by atoms with Gasteiger partial charge in [0.1, 0.15) is 17.6 Å². The molecular weight excluding hydrogens is 348 g/mol. The molecule has 1 aliphatic rings. The van der Waals surface area contributed by atoms with E-state index in [1.165, 1.54) is 32.1 Å². The lowest BCUT2D eigenvalue weighted by Crippen LogP contribution is -2.40. The Balaban J connectivity index is 2.50. The van der Waals surface area contributed by atoms with Crippen LogP contribution in [0.2, 0.25) is 0 Å². The van der Waals surface area contributed by atoms with Gasteiger partial charge in [0.05, 0.1) is 11.9 Å². The molecule has 26 heavy (non-hydrogen) atoms. The van der Waals surface area contributed by atoms with Gasteiger partial charge < -0.3 is 18.9 Å². The molecule has 1 saturated heterocycles. The Morgan fingerprint density at radius 2 is 1.31 bits per heavy atom. The molecule has 1 aliphatic heterocycles. The van der Waals surface area contributed by atoms with Crippen molar-refractivity contribution in [1.29, 1.82) is 0 Å². The number of hydrogen-bond acceptors (Lipinski definition) is 5. The second-order valence-corrected chi connectivity index (χ2v) is 8.49. The Bertz CT molecular complexity index is 316. The summed E-state index contributed by atoms with van der Waals surface area (Å²) in [5, 5.41) is 0.291. The molecule has 0 spiro atoms. The standard InChI is InChI=1S/C21H42O4S/c1-5-8-11-12-13-16-25-20-19(24-15-10-7-3)18(26-21(20)22-4)17-23-14-9-6-2/h18-21H,5-17H2,1-4H3/t18-,19+,20+,21?/m1/s1. The van der Waals surface area contributed by atoms with Crippen molar-refractivity contribution in [2.75, 3.05) is 33.5 Å². The van der Waals surface area contributed by atoms with Crippen LogP contribution in [0, 0.1) is 0 Å². The van der Waals surface area contributed by atoms with Crippen LogP contribution in [0.15, 0.2) is 0 Å². The molecular formula is C21H42O4S. The average molecular weight is 391 g/mol. The van der Waals surface area contributed by atoms with Crippen LogP contribution >= 0.6 is 11.8 Å². The molecule has 4 atom stereocenters. The van der Waals surface area contributed by atoms with Gasteiger partial charge in [0.15, 0.2) is 0 Å². The van der Waals surface area contributed by atoms with E-state index in [0.29, 0.717) is 5.25 Å². The Labute approximate surface area is 166 Å². The van der Waals surface area contributed by atoms with Gasteiger partial charge in [-0.2, -0.15) is 0 Å². The highest BCUT2D eigenvalue weighted by atomic mass is 32.2. The van der Waals surface area contributed by atoms with Crippen molar-refractivity contribution in [3.63, 3.8) is 0 Å². The normalized spacial score (nSPS) is 25.8. The Morgan fingerprint density at radius 1 is 0.692 bits per heavy atom. The van der Waals surface area contributed by atoms with Gasteiger partial charge in [-0.25, -0.2) is 0 Å². The van der Waals surface area contributed by atoms with E-state index in [9.17, 15) is 0 Å². The molecule has 0 aromatic carbocycles. The smallest absolute Gasteiger partial charge is 0.132 e.